The first-order valence-corrected chi connectivity index (χ1v) is 6.47. The molecular weight excluding hydrogens is 258 g/mol. The zero-order chi connectivity index (χ0) is 15.1. The van der Waals surface area contributed by atoms with E-state index in [1.165, 1.54) is 12.1 Å². The Morgan fingerprint density at radius 2 is 1.55 bits per heavy atom. The molecular formula is C15H17NO4. The van der Waals surface area contributed by atoms with Crippen molar-refractivity contribution in [3.8, 4) is 0 Å². The highest BCUT2D eigenvalue weighted by Crippen LogP contribution is 2.30. The minimum Gasteiger partial charge on any atom is -0.329 e. The number of carbonyl (C=O) groups is 3. The van der Waals surface area contributed by atoms with Gasteiger partial charge in [-0.25, -0.2) is 4.79 Å². The molecule has 1 aliphatic rings. The Morgan fingerprint density at radius 3 is 1.95 bits per heavy atom. The molecule has 0 radical (unpaired) electrons. The molecule has 0 aliphatic carbocycles. The van der Waals surface area contributed by atoms with E-state index >= 15 is 0 Å². The Kier molecular flexibility index (Phi) is 3.38. The van der Waals surface area contributed by atoms with Crippen molar-refractivity contribution in [3.63, 3.8) is 0 Å². The molecule has 0 bridgehead atoms. The van der Waals surface area contributed by atoms with E-state index in [2.05, 4.69) is 0 Å². The first-order chi connectivity index (χ1) is 9.26. The Labute approximate surface area is 117 Å². The molecule has 1 aromatic carbocycles. The third-order valence-corrected chi connectivity index (χ3v) is 3.90. The molecule has 2 amide bonds. The first kappa shape index (κ1) is 14.2. The van der Waals surface area contributed by atoms with Crippen LogP contribution >= 0.6 is 0 Å². The summed E-state index contributed by atoms with van der Waals surface area (Å²) in [6, 6.07) is 6.40. The van der Waals surface area contributed by atoms with E-state index in [-0.39, 0.29) is 17.0 Å². The van der Waals surface area contributed by atoms with E-state index in [9.17, 15) is 14.4 Å². The van der Waals surface area contributed by atoms with Crippen LogP contribution in [0.2, 0.25) is 0 Å². The molecule has 0 atom stereocenters. The summed E-state index contributed by atoms with van der Waals surface area (Å²) in [4.78, 5) is 41.3. The van der Waals surface area contributed by atoms with Crippen molar-refractivity contribution in [2.45, 2.75) is 27.7 Å². The number of imide groups is 1. The zero-order valence-electron chi connectivity index (χ0n) is 12.0. The maximum absolute atomic E-state index is 12.1. The van der Waals surface area contributed by atoms with Crippen LogP contribution in [0.5, 0.6) is 0 Å². The molecule has 1 heterocycles. The fraction of sp³-hybridized carbons (Fsp3) is 0.400. The number of amides is 2. The standard InChI is InChI=1S/C15H17NO4/c1-9(2)15(3,4)14(19)20-16-12(17)10-7-5-6-8-11(10)13(16)18/h5-9H,1-4H3. The summed E-state index contributed by atoms with van der Waals surface area (Å²) in [6.45, 7) is 7.20. The highest BCUT2D eigenvalue weighted by Gasteiger charge is 2.42. The summed E-state index contributed by atoms with van der Waals surface area (Å²) in [5, 5.41) is 0.553. The smallest absolute Gasteiger partial charge is 0.329 e. The average Bonchev–Trinajstić information content (AvgIpc) is 2.64. The van der Waals surface area contributed by atoms with Crippen LogP contribution in [0.15, 0.2) is 24.3 Å². The molecule has 2 rings (SSSR count). The van der Waals surface area contributed by atoms with Crippen molar-refractivity contribution in [2.75, 3.05) is 0 Å². The average molecular weight is 275 g/mol. The third kappa shape index (κ3) is 2.09. The van der Waals surface area contributed by atoms with Gasteiger partial charge in [0.1, 0.15) is 0 Å². The predicted octanol–water partition coefficient (Wildman–Crippen LogP) is 2.42. The molecule has 0 N–H and O–H groups in total. The molecule has 0 saturated heterocycles. The van der Waals surface area contributed by atoms with Gasteiger partial charge < -0.3 is 4.84 Å². The van der Waals surface area contributed by atoms with Crippen molar-refractivity contribution in [2.24, 2.45) is 11.3 Å². The fourth-order valence-electron chi connectivity index (χ4n) is 1.69. The lowest BCUT2D eigenvalue weighted by molar-refractivity contribution is -0.181. The van der Waals surface area contributed by atoms with E-state index in [0.717, 1.165) is 0 Å². The van der Waals surface area contributed by atoms with Crippen LogP contribution in [0.1, 0.15) is 48.4 Å². The summed E-state index contributed by atoms with van der Waals surface area (Å²) >= 11 is 0. The number of hydroxylamine groups is 2. The van der Waals surface area contributed by atoms with Crippen molar-refractivity contribution in [1.82, 2.24) is 5.06 Å². The largest absolute Gasteiger partial charge is 0.339 e. The van der Waals surface area contributed by atoms with Gasteiger partial charge in [0, 0.05) is 0 Å². The number of hydrogen-bond acceptors (Lipinski definition) is 4. The van der Waals surface area contributed by atoms with Crippen molar-refractivity contribution >= 4 is 17.8 Å². The SMILES string of the molecule is CC(C)C(C)(C)C(=O)ON1C(=O)c2ccccc2C1=O. The Hall–Kier alpha value is -2.17. The second-order valence-electron chi connectivity index (χ2n) is 5.71. The Bertz CT molecular complexity index is 554. The molecule has 0 spiro atoms. The van der Waals surface area contributed by atoms with Gasteiger partial charge in [-0.05, 0) is 31.9 Å². The number of benzene rings is 1. The van der Waals surface area contributed by atoms with Gasteiger partial charge in [-0.1, -0.05) is 31.0 Å². The number of fused-ring (bicyclic) bond motifs is 1. The van der Waals surface area contributed by atoms with Gasteiger partial charge in [-0.15, -0.1) is 0 Å². The van der Waals surface area contributed by atoms with Crippen molar-refractivity contribution < 1.29 is 19.2 Å². The van der Waals surface area contributed by atoms with Crippen molar-refractivity contribution in [3.05, 3.63) is 35.4 Å². The van der Waals surface area contributed by atoms with Gasteiger partial charge in [0.15, 0.2) is 0 Å². The van der Waals surface area contributed by atoms with Gasteiger partial charge >= 0.3 is 5.97 Å². The molecule has 0 aromatic heterocycles. The Balaban J connectivity index is 2.24. The normalized spacial score (nSPS) is 14.8. The van der Waals surface area contributed by atoms with E-state index in [1.807, 2.05) is 13.8 Å². The second-order valence-corrected chi connectivity index (χ2v) is 5.71. The molecule has 5 heteroatoms. The first-order valence-electron chi connectivity index (χ1n) is 6.47. The zero-order valence-corrected chi connectivity index (χ0v) is 12.0. The van der Waals surface area contributed by atoms with E-state index in [4.69, 9.17) is 4.84 Å². The van der Waals surface area contributed by atoms with Gasteiger partial charge in [0.2, 0.25) is 0 Å². The molecule has 106 valence electrons. The van der Waals surface area contributed by atoms with Crippen LogP contribution in [0.25, 0.3) is 0 Å². The summed E-state index contributed by atoms with van der Waals surface area (Å²) in [6.07, 6.45) is 0. The number of hydrogen-bond donors (Lipinski definition) is 0. The quantitative estimate of drug-likeness (QED) is 0.795. The third-order valence-electron chi connectivity index (χ3n) is 3.90. The van der Waals surface area contributed by atoms with Crippen LogP contribution in [-0.4, -0.2) is 22.8 Å². The highest BCUT2D eigenvalue weighted by atomic mass is 16.7. The number of carbonyl (C=O) groups excluding carboxylic acids is 3. The summed E-state index contributed by atoms with van der Waals surface area (Å²) in [5.41, 5.74) is -0.268. The maximum atomic E-state index is 12.1. The van der Waals surface area contributed by atoms with Crippen LogP contribution in [0.3, 0.4) is 0 Å². The molecule has 5 nitrogen and oxygen atoms in total. The molecule has 0 unspecified atom stereocenters. The highest BCUT2D eigenvalue weighted by molar-refractivity contribution is 6.20. The van der Waals surface area contributed by atoms with E-state index < -0.39 is 23.2 Å². The summed E-state index contributed by atoms with van der Waals surface area (Å²) in [7, 11) is 0. The van der Waals surface area contributed by atoms with Crippen LogP contribution in [0.4, 0.5) is 0 Å². The van der Waals surface area contributed by atoms with E-state index in [1.54, 1.807) is 26.0 Å². The maximum Gasteiger partial charge on any atom is 0.339 e. The molecule has 1 aromatic rings. The van der Waals surface area contributed by atoms with Gasteiger partial charge in [-0.2, -0.15) is 0 Å². The lowest BCUT2D eigenvalue weighted by Gasteiger charge is -2.27. The minimum absolute atomic E-state index is 0.0187. The van der Waals surface area contributed by atoms with Gasteiger partial charge in [-0.3, -0.25) is 9.59 Å². The summed E-state index contributed by atoms with van der Waals surface area (Å²) < 4.78 is 0. The number of nitrogens with zero attached hydrogens (tertiary/aromatic N) is 1. The predicted molar refractivity (Wildman–Crippen MR) is 71.7 cm³/mol. The second kappa shape index (κ2) is 4.74. The van der Waals surface area contributed by atoms with Crippen LogP contribution < -0.4 is 0 Å². The fourth-order valence-corrected chi connectivity index (χ4v) is 1.69. The van der Waals surface area contributed by atoms with Crippen molar-refractivity contribution in [1.29, 1.82) is 0 Å². The minimum atomic E-state index is -0.782. The number of rotatable bonds is 3. The van der Waals surface area contributed by atoms with Crippen LogP contribution in [-0.2, 0) is 9.63 Å². The van der Waals surface area contributed by atoms with Gasteiger partial charge in [0.05, 0.1) is 16.5 Å². The molecule has 1 aliphatic heterocycles. The topological polar surface area (TPSA) is 63.7 Å². The lowest BCUT2D eigenvalue weighted by atomic mass is 9.81. The lowest BCUT2D eigenvalue weighted by Crippen LogP contribution is -2.40. The molecule has 0 fully saturated rings. The molecule has 0 saturated carbocycles. The van der Waals surface area contributed by atoms with Crippen LogP contribution in [0, 0.1) is 11.3 Å². The van der Waals surface area contributed by atoms with Gasteiger partial charge in [0.25, 0.3) is 11.8 Å². The Morgan fingerprint density at radius 1 is 1.10 bits per heavy atom. The van der Waals surface area contributed by atoms with E-state index in [0.29, 0.717) is 5.06 Å². The molecule has 20 heavy (non-hydrogen) atoms. The monoisotopic (exact) mass is 275 g/mol. The summed E-state index contributed by atoms with van der Waals surface area (Å²) in [5.74, 6) is -1.77.